The molecule has 0 bridgehead atoms. The van der Waals surface area contributed by atoms with E-state index in [0.29, 0.717) is 26.2 Å². The second-order valence-electron chi connectivity index (χ2n) is 7.50. The summed E-state index contributed by atoms with van der Waals surface area (Å²) in [6, 6.07) is 18.1. The molecule has 162 valence electrons. The molecule has 0 aromatic heterocycles. The van der Waals surface area contributed by atoms with Crippen molar-refractivity contribution in [1.29, 1.82) is 0 Å². The Balaban J connectivity index is 1.73. The molecular formula is C24H19Cl3N3O2+. The van der Waals surface area contributed by atoms with Gasteiger partial charge in [0.1, 0.15) is 0 Å². The Bertz CT molecular complexity index is 1230. The van der Waals surface area contributed by atoms with Gasteiger partial charge in [0.05, 0.1) is 10.6 Å². The first-order chi connectivity index (χ1) is 15.3. The molecule has 0 unspecified atom stereocenters. The van der Waals surface area contributed by atoms with Gasteiger partial charge in [-0.15, -0.1) is 10.1 Å². The first-order valence-electron chi connectivity index (χ1n) is 9.83. The van der Waals surface area contributed by atoms with Crippen molar-refractivity contribution in [2.75, 3.05) is 0 Å². The lowest BCUT2D eigenvalue weighted by Crippen LogP contribution is -2.42. The number of halogens is 3. The third kappa shape index (κ3) is 4.80. The van der Waals surface area contributed by atoms with Crippen molar-refractivity contribution in [1.82, 2.24) is 10.7 Å². The fourth-order valence-corrected chi connectivity index (χ4v) is 4.19. The largest absolute Gasteiger partial charge is 0.334 e. The maximum absolute atomic E-state index is 12.9. The van der Waals surface area contributed by atoms with Gasteiger partial charge in [0.15, 0.2) is 6.04 Å². The average Bonchev–Trinajstić information content (AvgIpc) is 3.05. The van der Waals surface area contributed by atoms with E-state index in [1.54, 1.807) is 59.4 Å². The second-order valence-corrected chi connectivity index (χ2v) is 8.78. The van der Waals surface area contributed by atoms with Crippen LogP contribution in [-0.2, 0) is 4.79 Å². The number of amides is 2. The number of carbonyl (C=O) groups excluding carboxylic acids is 2. The zero-order chi connectivity index (χ0) is 22.8. The van der Waals surface area contributed by atoms with Crippen LogP contribution >= 0.6 is 34.8 Å². The highest BCUT2D eigenvalue weighted by Crippen LogP contribution is 2.28. The SMILES string of the molecule is Cc1cccc(C(=O)N[C@@H]2C(=O)N/[N+](=C\c3ccc(Cl)cc3Cl)[C@@H]2c2ccc(Cl)cc2)c1. The van der Waals surface area contributed by atoms with Crippen molar-refractivity contribution in [3.8, 4) is 0 Å². The van der Waals surface area contributed by atoms with Gasteiger partial charge < -0.3 is 5.32 Å². The van der Waals surface area contributed by atoms with Crippen LogP contribution in [-0.4, -0.2) is 28.8 Å². The number of carbonyl (C=O) groups is 2. The highest BCUT2D eigenvalue weighted by atomic mass is 35.5. The molecule has 2 atom stereocenters. The monoisotopic (exact) mass is 486 g/mol. The van der Waals surface area contributed by atoms with Gasteiger partial charge in [-0.05, 0) is 49.4 Å². The van der Waals surface area contributed by atoms with E-state index >= 15 is 0 Å². The highest BCUT2D eigenvalue weighted by molar-refractivity contribution is 6.36. The average molecular weight is 488 g/mol. The topological polar surface area (TPSA) is 61.2 Å². The van der Waals surface area contributed by atoms with Crippen LogP contribution in [0.4, 0.5) is 0 Å². The lowest BCUT2D eigenvalue weighted by molar-refractivity contribution is -0.596. The Morgan fingerprint density at radius 1 is 1.00 bits per heavy atom. The first kappa shape index (κ1) is 22.3. The number of nitrogens with one attached hydrogen (secondary N) is 2. The number of nitrogens with zero attached hydrogens (tertiary/aromatic N) is 1. The predicted molar refractivity (Wildman–Crippen MR) is 127 cm³/mol. The lowest BCUT2D eigenvalue weighted by Gasteiger charge is -2.15. The molecule has 8 heteroatoms. The van der Waals surface area contributed by atoms with Gasteiger partial charge in [-0.3, -0.25) is 9.59 Å². The quantitative estimate of drug-likeness (QED) is 0.510. The van der Waals surface area contributed by atoms with Crippen LogP contribution in [0.25, 0.3) is 0 Å². The van der Waals surface area contributed by atoms with Gasteiger partial charge in [-0.25, -0.2) is 0 Å². The minimum Gasteiger partial charge on any atom is -0.334 e. The van der Waals surface area contributed by atoms with E-state index in [1.165, 1.54) is 0 Å². The summed E-state index contributed by atoms with van der Waals surface area (Å²) >= 11 is 18.4. The highest BCUT2D eigenvalue weighted by Gasteiger charge is 2.47. The molecule has 1 aliphatic rings. The molecule has 2 N–H and O–H groups in total. The zero-order valence-corrected chi connectivity index (χ0v) is 19.2. The maximum Gasteiger partial charge on any atom is 0.304 e. The van der Waals surface area contributed by atoms with Crippen LogP contribution in [0.2, 0.25) is 15.1 Å². The number of aryl methyl sites for hydroxylation is 1. The molecule has 32 heavy (non-hydrogen) atoms. The predicted octanol–water partition coefficient (Wildman–Crippen LogP) is 4.97. The van der Waals surface area contributed by atoms with Crippen LogP contribution in [0.5, 0.6) is 0 Å². The van der Waals surface area contributed by atoms with E-state index in [0.717, 1.165) is 11.1 Å². The summed E-state index contributed by atoms with van der Waals surface area (Å²) in [5.41, 5.74) is 5.72. The van der Waals surface area contributed by atoms with Crippen LogP contribution in [0.15, 0.2) is 66.7 Å². The normalized spacial score (nSPS) is 19.1. The van der Waals surface area contributed by atoms with Crippen LogP contribution in [0.3, 0.4) is 0 Å². The van der Waals surface area contributed by atoms with E-state index < -0.39 is 12.1 Å². The van der Waals surface area contributed by atoms with E-state index in [2.05, 4.69) is 10.7 Å². The lowest BCUT2D eigenvalue weighted by atomic mass is 9.99. The smallest absolute Gasteiger partial charge is 0.304 e. The minimum absolute atomic E-state index is 0.334. The van der Waals surface area contributed by atoms with E-state index in [-0.39, 0.29) is 11.8 Å². The van der Waals surface area contributed by atoms with Crippen molar-refractivity contribution in [2.45, 2.75) is 19.0 Å². The molecular weight excluding hydrogens is 469 g/mol. The Hall–Kier alpha value is -2.86. The van der Waals surface area contributed by atoms with E-state index in [4.69, 9.17) is 34.8 Å². The first-order valence-corrected chi connectivity index (χ1v) is 11.0. The fourth-order valence-electron chi connectivity index (χ4n) is 3.61. The summed E-state index contributed by atoms with van der Waals surface area (Å²) in [6.45, 7) is 1.90. The third-order valence-corrected chi connectivity index (χ3v) is 5.97. The van der Waals surface area contributed by atoms with Gasteiger partial charge in [0.2, 0.25) is 12.3 Å². The minimum atomic E-state index is -0.841. The number of hydrazone groups is 1. The molecule has 1 saturated heterocycles. The zero-order valence-electron chi connectivity index (χ0n) is 17.0. The number of rotatable bonds is 4. The molecule has 4 rings (SSSR count). The molecule has 0 saturated carbocycles. The molecule has 2 amide bonds. The molecule has 3 aromatic rings. The number of hydrogen-bond donors (Lipinski definition) is 2. The van der Waals surface area contributed by atoms with Crippen LogP contribution < -0.4 is 10.7 Å². The van der Waals surface area contributed by atoms with Crippen molar-refractivity contribution in [3.05, 3.63) is 104 Å². The van der Waals surface area contributed by atoms with E-state index in [9.17, 15) is 9.59 Å². The molecule has 5 nitrogen and oxygen atoms in total. The molecule has 0 aliphatic carbocycles. The standard InChI is InChI=1S/C24H18Cl3N3O2/c1-14-3-2-4-16(11-14)23(31)28-21-22(15-5-8-18(25)9-6-15)30(29-24(21)32)13-17-7-10-19(26)12-20(17)27/h2-13,21-22H,1H3,(H-,28,29,31,32)/p+1/b30-13-/t21-,22+/m0/s1. The summed E-state index contributed by atoms with van der Waals surface area (Å²) in [6.07, 6.45) is 1.72. The summed E-state index contributed by atoms with van der Waals surface area (Å²) < 4.78 is 1.64. The molecule has 1 fully saturated rings. The Labute approximate surface area is 200 Å². The van der Waals surface area contributed by atoms with Crippen molar-refractivity contribution < 1.29 is 14.3 Å². The molecule has 1 heterocycles. The van der Waals surface area contributed by atoms with Gasteiger partial charge in [0, 0.05) is 21.2 Å². The number of hydrogen-bond acceptors (Lipinski definition) is 2. The van der Waals surface area contributed by atoms with Crippen molar-refractivity contribution in [3.63, 3.8) is 0 Å². The summed E-state index contributed by atoms with van der Waals surface area (Å²) in [5, 5.41) is 4.40. The van der Waals surface area contributed by atoms with E-state index in [1.807, 2.05) is 25.1 Å². The summed E-state index contributed by atoms with van der Waals surface area (Å²) in [7, 11) is 0. The Morgan fingerprint density at radius 3 is 2.41 bits per heavy atom. The Kier molecular flexibility index (Phi) is 6.51. The van der Waals surface area contributed by atoms with Crippen molar-refractivity contribution >= 4 is 52.8 Å². The number of hydrazine groups is 1. The second kappa shape index (κ2) is 9.33. The van der Waals surface area contributed by atoms with Crippen LogP contribution in [0.1, 0.15) is 33.1 Å². The molecule has 3 aromatic carbocycles. The van der Waals surface area contributed by atoms with Gasteiger partial charge in [-0.2, -0.15) is 0 Å². The maximum atomic E-state index is 12.9. The fraction of sp³-hybridized carbons (Fsp3) is 0.125. The summed E-state index contributed by atoms with van der Waals surface area (Å²) in [4.78, 5) is 25.8. The van der Waals surface area contributed by atoms with Gasteiger partial charge in [-0.1, -0.05) is 64.6 Å². The summed E-state index contributed by atoms with van der Waals surface area (Å²) in [5.74, 6) is -0.675. The third-order valence-electron chi connectivity index (χ3n) is 5.16. The Morgan fingerprint density at radius 2 is 1.72 bits per heavy atom. The van der Waals surface area contributed by atoms with Gasteiger partial charge >= 0.3 is 5.91 Å². The molecule has 0 spiro atoms. The van der Waals surface area contributed by atoms with Crippen molar-refractivity contribution in [2.24, 2.45) is 0 Å². The van der Waals surface area contributed by atoms with Gasteiger partial charge in [0.25, 0.3) is 5.91 Å². The number of benzene rings is 3. The molecule has 1 aliphatic heterocycles. The molecule has 0 radical (unpaired) electrons. The van der Waals surface area contributed by atoms with Crippen LogP contribution in [0, 0.1) is 6.92 Å².